The van der Waals surface area contributed by atoms with Crippen LogP contribution in [0.15, 0.2) is 72.8 Å². The highest BCUT2D eigenvalue weighted by Crippen LogP contribution is 2.49. The molecule has 0 unspecified atom stereocenters. The van der Waals surface area contributed by atoms with E-state index in [9.17, 15) is 9.59 Å². The van der Waals surface area contributed by atoms with Crippen molar-refractivity contribution in [3.05, 3.63) is 101 Å². The molecule has 1 aliphatic heterocycles. The predicted molar refractivity (Wildman–Crippen MR) is 168 cm³/mol. The zero-order valence-corrected chi connectivity index (χ0v) is 25.2. The Balaban J connectivity index is 1.76. The minimum atomic E-state index is -0.194. The van der Waals surface area contributed by atoms with E-state index in [0.717, 1.165) is 51.3 Å². The highest BCUT2D eigenvalue weighted by Gasteiger charge is 2.38. The number of nitrogens with zero attached hydrogens (tertiary/aromatic N) is 4. The minimum Gasteiger partial charge on any atom is -0.353 e. The zero-order chi connectivity index (χ0) is 29.1. The van der Waals surface area contributed by atoms with E-state index in [0.29, 0.717) is 12.4 Å². The average molecular weight is 568 g/mol. The Kier molecular flexibility index (Phi) is 8.61. The molecule has 0 bridgehead atoms. The topological polar surface area (TPSA) is 70.5 Å². The van der Waals surface area contributed by atoms with Gasteiger partial charge in [0, 0.05) is 24.2 Å². The first-order valence-electron chi connectivity index (χ1n) is 13.9. The number of thioether (sulfide) groups is 1. The maximum absolute atomic E-state index is 13.9. The van der Waals surface area contributed by atoms with E-state index in [1.165, 1.54) is 0 Å². The van der Waals surface area contributed by atoms with Gasteiger partial charge in [-0.1, -0.05) is 72.3 Å². The Labute approximate surface area is 246 Å². The van der Waals surface area contributed by atoms with Crippen LogP contribution in [-0.4, -0.2) is 66.0 Å². The maximum atomic E-state index is 13.9. The van der Waals surface area contributed by atoms with Crippen molar-refractivity contribution in [2.45, 2.75) is 26.0 Å². The van der Waals surface area contributed by atoms with Crippen molar-refractivity contribution in [1.29, 1.82) is 0 Å². The standard InChI is InChI=1S/C33H37N5O2S/c1-22-15-16-27(24(3)19-22)38-33-30(31(35-38)25-12-7-6-8-13-25)32(26-14-10-9-11-23(26)2)41-21-29(40)37(33)20-28(39)34-17-18-36(4)5/h6-16,19,32H,17-18,20-21H2,1-5H3,(H,34,39)/t32-/m0/s1. The van der Waals surface area contributed by atoms with Crippen LogP contribution in [0.1, 0.15) is 33.1 Å². The van der Waals surface area contributed by atoms with Crippen LogP contribution >= 0.6 is 11.8 Å². The molecule has 0 spiro atoms. The van der Waals surface area contributed by atoms with Crippen molar-refractivity contribution in [2.75, 3.05) is 44.4 Å². The Morgan fingerprint density at radius 3 is 2.44 bits per heavy atom. The monoisotopic (exact) mass is 567 g/mol. The lowest BCUT2D eigenvalue weighted by Crippen LogP contribution is -2.43. The minimum absolute atomic E-state index is 0.0782. The van der Waals surface area contributed by atoms with Crippen LogP contribution in [0.25, 0.3) is 16.9 Å². The molecule has 2 heterocycles. The number of hydrogen-bond acceptors (Lipinski definition) is 5. The summed E-state index contributed by atoms with van der Waals surface area (Å²) in [7, 11) is 3.93. The lowest BCUT2D eigenvalue weighted by molar-refractivity contribution is -0.122. The van der Waals surface area contributed by atoms with Crippen LogP contribution in [0.5, 0.6) is 0 Å². The number of anilines is 1. The van der Waals surface area contributed by atoms with Crippen LogP contribution in [0.3, 0.4) is 0 Å². The summed E-state index contributed by atoms with van der Waals surface area (Å²) in [5, 5.41) is 8.06. The second-order valence-electron chi connectivity index (χ2n) is 10.8. The molecule has 212 valence electrons. The molecule has 0 fully saturated rings. The maximum Gasteiger partial charge on any atom is 0.240 e. The number of carbonyl (C=O) groups is 2. The highest BCUT2D eigenvalue weighted by atomic mass is 32.2. The van der Waals surface area contributed by atoms with Crippen LogP contribution < -0.4 is 10.2 Å². The van der Waals surface area contributed by atoms with Gasteiger partial charge < -0.3 is 10.2 Å². The van der Waals surface area contributed by atoms with Crippen molar-refractivity contribution < 1.29 is 9.59 Å². The molecule has 2 amide bonds. The molecule has 7 nitrogen and oxygen atoms in total. The third kappa shape index (κ3) is 6.09. The van der Waals surface area contributed by atoms with E-state index in [-0.39, 0.29) is 29.4 Å². The van der Waals surface area contributed by atoms with E-state index in [4.69, 9.17) is 5.10 Å². The number of aryl methyl sites for hydroxylation is 3. The SMILES string of the molecule is Cc1ccc(-n2nc(-c3ccccc3)c3c2N(CC(=O)NCCN(C)C)C(=O)CS[C@H]3c2ccccc2C)c(C)c1. The molecule has 3 aromatic carbocycles. The molecule has 1 atom stereocenters. The zero-order valence-electron chi connectivity index (χ0n) is 24.3. The quantitative estimate of drug-likeness (QED) is 0.313. The molecule has 0 saturated heterocycles. The fraction of sp³-hybridized carbons (Fsp3) is 0.303. The molecule has 5 rings (SSSR count). The lowest BCUT2D eigenvalue weighted by atomic mass is 9.96. The van der Waals surface area contributed by atoms with Gasteiger partial charge in [-0.2, -0.15) is 5.10 Å². The third-order valence-electron chi connectivity index (χ3n) is 7.37. The van der Waals surface area contributed by atoms with Crippen molar-refractivity contribution in [1.82, 2.24) is 20.0 Å². The second-order valence-corrected chi connectivity index (χ2v) is 11.9. The van der Waals surface area contributed by atoms with Crippen LogP contribution in [0, 0.1) is 20.8 Å². The summed E-state index contributed by atoms with van der Waals surface area (Å²) in [5.74, 6) is 0.599. The molecular weight excluding hydrogens is 530 g/mol. The van der Waals surface area contributed by atoms with E-state index < -0.39 is 0 Å². The molecular formula is C33H37N5O2S. The van der Waals surface area contributed by atoms with Gasteiger partial charge in [0.05, 0.1) is 22.4 Å². The number of hydrogen-bond donors (Lipinski definition) is 1. The van der Waals surface area contributed by atoms with Gasteiger partial charge in [0.15, 0.2) is 0 Å². The molecule has 1 aromatic heterocycles. The number of amides is 2. The van der Waals surface area contributed by atoms with E-state index in [1.54, 1.807) is 16.7 Å². The summed E-state index contributed by atoms with van der Waals surface area (Å²) in [6.45, 7) is 7.37. The van der Waals surface area contributed by atoms with Crippen molar-refractivity contribution in [3.8, 4) is 16.9 Å². The number of benzene rings is 3. The van der Waals surface area contributed by atoms with Gasteiger partial charge >= 0.3 is 0 Å². The molecule has 0 saturated carbocycles. The van der Waals surface area contributed by atoms with Gasteiger partial charge in [0.1, 0.15) is 12.4 Å². The Bertz CT molecular complexity index is 1560. The van der Waals surface area contributed by atoms with Crippen LogP contribution in [0.2, 0.25) is 0 Å². The largest absolute Gasteiger partial charge is 0.353 e. The van der Waals surface area contributed by atoms with Crippen molar-refractivity contribution >= 4 is 29.4 Å². The number of rotatable bonds is 8. The molecule has 4 aromatic rings. The average Bonchev–Trinajstić information content (AvgIpc) is 3.26. The van der Waals surface area contributed by atoms with Gasteiger partial charge in [-0.15, -0.1) is 11.8 Å². The normalized spacial score (nSPS) is 15.1. The Hall–Kier alpha value is -3.88. The van der Waals surface area contributed by atoms with Crippen molar-refractivity contribution in [3.63, 3.8) is 0 Å². The van der Waals surface area contributed by atoms with Crippen LogP contribution in [0.4, 0.5) is 5.82 Å². The van der Waals surface area contributed by atoms with Crippen molar-refractivity contribution in [2.24, 2.45) is 0 Å². The summed E-state index contributed by atoms with van der Waals surface area (Å²) in [6.07, 6.45) is 0. The second kappa shape index (κ2) is 12.3. The third-order valence-corrected chi connectivity index (χ3v) is 8.61. The molecule has 41 heavy (non-hydrogen) atoms. The van der Waals surface area contributed by atoms with Crippen LogP contribution in [-0.2, 0) is 9.59 Å². The Morgan fingerprint density at radius 1 is 1.00 bits per heavy atom. The number of carbonyl (C=O) groups excluding carboxylic acids is 2. The van der Waals surface area contributed by atoms with Gasteiger partial charge in [-0.05, 0) is 57.6 Å². The lowest BCUT2D eigenvalue weighted by Gasteiger charge is -2.24. The summed E-state index contributed by atoms with van der Waals surface area (Å²) in [5.41, 5.74) is 8.09. The Morgan fingerprint density at radius 2 is 1.73 bits per heavy atom. The fourth-order valence-electron chi connectivity index (χ4n) is 5.28. The predicted octanol–water partition coefficient (Wildman–Crippen LogP) is 5.31. The van der Waals surface area contributed by atoms with Gasteiger partial charge in [0.25, 0.3) is 0 Å². The van der Waals surface area contributed by atoms with E-state index in [2.05, 4.69) is 62.5 Å². The fourth-order valence-corrected chi connectivity index (χ4v) is 6.58. The summed E-state index contributed by atoms with van der Waals surface area (Å²) < 4.78 is 1.88. The molecule has 1 aliphatic rings. The number of fused-ring (bicyclic) bond motifs is 1. The first-order chi connectivity index (χ1) is 19.7. The summed E-state index contributed by atoms with van der Waals surface area (Å²) >= 11 is 1.60. The number of aromatic nitrogens is 2. The van der Waals surface area contributed by atoms with Gasteiger partial charge in [0.2, 0.25) is 11.8 Å². The van der Waals surface area contributed by atoms with Gasteiger partial charge in [-0.3, -0.25) is 14.5 Å². The van der Waals surface area contributed by atoms with Gasteiger partial charge in [-0.25, -0.2) is 4.68 Å². The summed E-state index contributed by atoms with van der Waals surface area (Å²) in [6, 6.07) is 24.7. The summed E-state index contributed by atoms with van der Waals surface area (Å²) in [4.78, 5) is 30.8. The first kappa shape index (κ1) is 28.6. The van der Waals surface area contributed by atoms with E-state index >= 15 is 0 Å². The first-order valence-corrected chi connectivity index (χ1v) is 14.9. The molecule has 0 aliphatic carbocycles. The molecule has 8 heteroatoms. The number of likely N-dealkylation sites (N-methyl/N-ethyl adjacent to an activating group) is 1. The number of nitrogens with one attached hydrogen (secondary N) is 1. The highest BCUT2D eigenvalue weighted by molar-refractivity contribution is 8.00. The molecule has 1 N–H and O–H groups in total. The van der Waals surface area contributed by atoms with E-state index in [1.807, 2.05) is 60.1 Å². The molecule has 0 radical (unpaired) electrons. The smallest absolute Gasteiger partial charge is 0.240 e.